The molecule has 0 radical (unpaired) electrons. The summed E-state index contributed by atoms with van der Waals surface area (Å²) in [6, 6.07) is 5.29. The molecule has 0 saturated heterocycles. The average molecular weight is 282 g/mol. The minimum absolute atomic E-state index is 0.0592. The van der Waals surface area contributed by atoms with Gasteiger partial charge in [-0.25, -0.2) is 0 Å². The van der Waals surface area contributed by atoms with Crippen molar-refractivity contribution < 1.29 is 13.7 Å². The molecule has 0 aromatic heterocycles. The van der Waals surface area contributed by atoms with E-state index in [1.165, 1.54) is 0 Å². The SMILES string of the molecule is CCOc1ccc(N)c(S(=O)CC(=O)NC2CC2)c1. The van der Waals surface area contributed by atoms with Gasteiger partial charge in [0.15, 0.2) is 0 Å². The highest BCUT2D eigenvalue weighted by molar-refractivity contribution is 7.86. The average Bonchev–Trinajstić information content (AvgIpc) is 3.15. The molecule has 19 heavy (non-hydrogen) atoms. The summed E-state index contributed by atoms with van der Waals surface area (Å²) in [5.41, 5.74) is 6.21. The highest BCUT2D eigenvalue weighted by Crippen LogP contribution is 2.23. The van der Waals surface area contributed by atoms with Crippen LogP contribution in [0.3, 0.4) is 0 Å². The molecule has 104 valence electrons. The number of nitrogen functional groups attached to an aromatic ring is 1. The first-order chi connectivity index (χ1) is 9.10. The zero-order valence-corrected chi connectivity index (χ0v) is 11.7. The van der Waals surface area contributed by atoms with Crippen LogP contribution in [-0.2, 0) is 15.6 Å². The van der Waals surface area contributed by atoms with Gasteiger partial charge in [0.05, 0.1) is 22.3 Å². The molecule has 1 fully saturated rings. The summed E-state index contributed by atoms with van der Waals surface area (Å²) in [5, 5.41) is 2.81. The third-order valence-corrected chi connectivity index (χ3v) is 4.11. The summed E-state index contributed by atoms with van der Waals surface area (Å²) in [6.45, 7) is 2.40. The number of amides is 1. The van der Waals surface area contributed by atoms with Gasteiger partial charge in [0, 0.05) is 11.7 Å². The van der Waals surface area contributed by atoms with Crippen LogP contribution in [0, 0.1) is 0 Å². The molecule has 1 unspecified atom stereocenters. The molecule has 1 aromatic carbocycles. The number of hydrogen-bond donors (Lipinski definition) is 2. The van der Waals surface area contributed by atoms with Crippen LogP contribution in [0.25, 0.3) is 0 Å². The molecule has 1 aliphatic carbocycles. The van der Waals surface area contributed by atoms with E-state index in [4.69, 9.17) is 10.5 Å². The Hall–Kier alpha value is -1.56. The number of nitrogens with two attached hydrogens (primary N) is 1. The maximum atomic E-state index is 12.1. The number of benzene rings is 1. The molecule has 0 spiro atoms. The van der Waals surface area contributed by atoms with E-state index in [9.17, 15) is 9.00 Å². The van der Waals surface area contributed by atoms with Gasteiger partial charge in [-0.2, -0.15) is 0 Å². The van der Waals surface area contributed by atoms with Gasteiger partial charge in [-0.1, -0.05) is 0 Å². The number of nitrogens with one attached hydrogen (secondary N) is 1. The number of hydrogen-bond acceptors (Lipinski definition) is 4. The van der Waals surface area contributed by atoms with Crippen molar-refractivity contribution in [2.75, 3.05) is 18.1 Å². The Morgan fingerprint density at radius 3 is 2.89 bits per heavy atom. The van der Waals surface area contributed by atoms with Crippen LogP contribution in [0.15, 0.2) is 23.1 Å². The monoisotopic (exact) mass is 282 g/mol. The largest absolute Gasteiger partial charge is 0.494 e. The minimum atomic E-state index is -1.44. The summed E-state index contributed by atoms with van der Waals surface area (Å²) < 4.78 is 17.5. The standard InChI is InChI=1S/C13H18N2O3S/c1-2-18-10-5-6-11(14)12(7-10)19(17)8-13(16)15-9-3-4-9/h5-7,9H,2-4,8,14H2,1H3,(H,15,16). The van der Waals surface area contributed by atoms with Crippen LogP contribution in [-0.4, -0.2) is 28.5 Å². The molecule has 3 N–H and O–H groups in total. The van der Waals surface area contributed by atoms with Gasteiger partial charge in [-0.05, 0) is 38.0 Å². The van der Waals surface area contributed by atoms with Gasteiger partial charge in [-0.3, -0.25) is 9.00 Å². The lowest BCUT2D eigenvalue weighted by Gasteiger charge is -2.09. The van der Waals surface area contributed by atoms with Crippen molar-refractivity contribution in [2.45, 2.75) is 30.7 Å². The smallest absolute Gasteiger partial charge is 0.233 e. The second-order valence-corrected chi connectivity index (χ2v) is 5.88. The Bertz CT molecular complexity index is 501. The van der Waals surface area contributed by atoms with E-state index in [-0.39, 0.29) is 17.7 Å². The third-order valence-electron chi connectivity index (χ3n) is 2.75. The van der Waals surface area contributed by atoms with Crippen molar-refractivity contribution >= 4 is 22.4 Å². The zero-order valence-electron chi connectivity index (χ0n) is 10.8. The first kappa shape index (κ1) is 13.9. The fourth-order valence-electron chi connectivity index (χ4n) is 1.66. The Morgan fingerprint density at radius 2 is 2.26 bits per heavy atom. The summed E-state index contributed by atoms with van der Waals surface area (Å²) in [7, 11) is -1.44. The highest BCUT2D eigenvalue weighted by atomic mass is 32.2. The van der Waals surface area contributed by atoms with E-state index in [0.717, 1.165) is 12.8 Å². The first-order valence-corrected chi connectivity index (χ1v) is 7.62. The zero-order chi connectivity index (χ0) is 13.8. The molecule has 1 atom stereocenters. The molecule has 1 aliphatic rings. The van der Waals surface area contributed by atoms with Gasteiger partial charge < -0.3 is 15.8 Å². The molecule has 5 nitrogen and oxygen atoms in total. The third kappa shape index (κ3) is 3.96. The molecular formula is C13H18N2O3S. The van der Waals surface area contributed by atoms with Crippen molar-refractivity contribution in [2.24, 2.45) is 0 Å². The van der Waals surface area contributed by atoms with Crippen molar-refractivity contribution in [1.82, 2.24) is 5.32 Å². The molecule has 0 aliphatic heterocycles. The maximum Gasteiger partial charge on any atom is 0.233 e. The van der Waals surface area contributed by atoms with Crippen LogP contribution in [0.5, 0.6) is 5.75 Å². The molecule has 1 aromatic rings. The molecule has 1 saturated carbocycles. The predicted octanol–water partition coefficient (Wildman–Crippen LogP) is 1.05. The highest BCUT2D eigenvalue weighted by Gasteiger charge is 2.24. The minimum Gasteiger partial charge on any atom is -0.494 e. The quantitative estimate of drug-likeness (QED) is 0.764. The van der Waals surface area contributed by atoms with Crippen LogP contribution >= 0.6 is 0 Å². The molecular weight excluding hydrogens is 264 g/mol. The fourth-order valence-corrected chi connectivity index (χ4v) is 2.72. The van der Waals surface area contributed by atoms with Gasteiger partial charge in [-0.15, -0.1) is 0 Å². The van der Waals surface area contributed by atoms with E-state index in [1.807, 2.05) is 6.92 Å². The molecule has 0 bridgehead atoms. The first-order valence-electron chi connectivity index (χ1n) is 6.30. The van der Waals surface area contributed by atoms with E-state index < -0.39 is 10.8 Å². The molecule has 0 heterocycles. The predicted molar refractivity (Wildman–Crippen MR) is 74.5 cm³/mol. The second-order valence-electron chi connectivity index (χ2n) is 4.46. The number of carbonyl (C=O) groups excluding carboxylic acids is 1. The summed E-state index contributed by atoms with van der Waals surface area (Å²) >= 11 is 0. The van der Waals surface area contributed by atoms with E-state index in [1.54, 1.807) is 18.2 Å². The molecule has 6 heteroatoms. The van der Waals surface area contributed by atoms with Crippen LogP contribution in [0.1, 0.15) is 19.8 Å². The Kier molecular flexibility index (Phi) is 4.42. The molecule has 1 amide bonds. The fraction of sp³-hybridized carbons (Fsp3) is 0.462. The number of anilines is 1. The molecule has 2 rings (SSSR count). The van der Waals surface area contributed by atoms with Gasteiger partial charge >= 0.3 is 0 Å². The van der Waals surface area contributed by atoms with Crippen molar-refractivity contribution in [3.8, 4) is 5.75 Å². The Morgan fingerprint density at radius 1 is 1.53 bits per heavy atom. The van der Waals surface area contributed by atoms with Crippen LogP contribution in [0.4, 0.5) is 5.69 Å². The summed E-state index contributed by atoms with van der Waals surface area (Å²) in [4.78, 5) is 12.1. The van der Waals surface area contributed by atoms with E-state index in [0.29, 0.717) is 22.9 Å². The van der Waals surface area contributed by atoms with Crippen LogP contribution < -0.4 is 15.8 Å². The topological polar surface area (TPSA) is 81.4 Å². The van der Waals surface area contributed by atoms with Gasteiger partial charge in [0.25, 0.3) is 0 Å². The normalized spacial score (nSPS) is 15.8. The van der Waals surface area contributed by atoms with Crippen molar-refractivity contribution in [1.29, 1.82) is 0 Å². The maximum absolute atomic E-state index is 12.1. The van der Waals surface area contributed by atoms with Crippen LogP contribution in [0.2, 0.25) is 0 Å². The lowest BCUT2D eigenvalue weighted by molar-refractivity contribution is -0.118. The summed E-state index contributed by atoms with van der Waals surface area (Å²) in [6.07, 6.45) is 2.03. The number of carbonyl (C=O) groups is 1. The van der Waals surface area contributed by atoms with Crippen molar-refractivity contribution in [3.05, 3.63) is 18.2 Å². The number of rotatable bonds is 6. The lowest BCUT2D eigenvalue weighted by Crippen LogP contribution is -2.30. The number of ether oxygens (including phenoxy) is 1. The second kappa shape index (κ2) is 6.06. The van der Waals surface area contributed by atoms with Crippen molar-refractivity contribution in [3.63, 3.8) is 0 Å². The summed E-state index contributed by atoms with van der Waals surface area (Å²) in [5.74, 6) is 0.362. The van der Waals surface area contributed by atoms with Gasteiger partial charge in [0.1, 0.15) is 11.5 Å². The van der Waals surface area contributed by atoms with E-state index >= 15 is 0 Å². The van der Waals surface area contributed by atoms with Gasteiger partial charge in [0.2, 0.25) is 5.91 Å². The Balaban J connectivity index is 2.03. The Labute approximate surface area is 115 Å². The lowest BCUT2D eigenvalue weighted by atomic mass is 10.3. The van der Waals surface area contributed by atoms with E-state index in [2.05, 4.69) is 5.32 Å².